The van der Waals surface area contributed by atoms with Gasteiger partial charge in [0, 0.05) is 0 Å². The summed E-state index contributed by atoms with van der Waals surface area (Å²) < 4.78 is 10.1. The van der Waals surface area contributed by atoms with Gasteiger partial charge in [-0.2, -0.15) is 0 Å². The van der Waals surface area contributed by atoms with Gasteiger partial charge in [-0.1, -0.05) is 30.3 Å². The molecule has 2 aromatic rings. The topological polar surface area (TPSA) is 93.1 Å². The molecule has 2 unspecified atom stereocenters. The number of hydrogen-bond acceptors (Lipinski definition) is 6. The summed E-state index contributed by atoms with van der Waals surface area (Å²) in [4.78, 5) is 24.7. The molecule has 6 nitrogen and oxygen atoms in total. The third-order valence-corrected chi connectivity index (χ3v) is 3.26. The van der Waals surface area contributed by atoms with Gasteiger partial charge in [0.2, 0.25) is 0 Å². The summed E-state index contributed by atoms with van der Waals surface area (Å²) in [6.45, 7) is 2.64. The first-order chi connectivity index (χ1) is 11.4. The lowest BCUT2D eigenvalue weighted by molar-refractivity contribution is 0.0259. The second-order valence-corrected chi connectivity index (χ2v) is 5.60. The molecule has 2 atom stereocenters. The maximum Gasteiger partial charge on any atom is 0.339 e. The molecule has 0 aliphatic heterocycles. The van der Waals surface area contributed by atoms with Crippen LogP contribution in [0.5, 0.6) is 0 Å². The van der Waals surface area contributed by atoms with Crippen molar-refractivity contribution in [3.8, 4) is 0 Å². The summed E-state index contributed by atoms with van der Waals surface area (Å²) in [5.41, 5.74) is 0.147. The second kappa shape index (κ2) is 7.90. The van der Waals surface area contributed by atoms with E-state index in [1.807, 2.05) is 12.1 Å². The molecule has 0 saturated heterocycles. The highest BCUT2D eigenvalue weighted by Gasteiger charge is 2.23. The van der Waals surface area contributed by atoms with E-state index in [4.69, 9.17) is 9.47 Å². The zero-order chi connectivity index (χ0) is 17.7. The van der Waals surface area contributed by atoms with Gasteiger partial charge in [-0.15, -0.1) is 0 Å². The maximum absolute atomic E-state index is 12.4. The lowest BCUT2D eigenvalue weighted by Gasteiger charge is -2.13. The van der Waals surface area contributed by atoms with Crippen LogP contribution in [0.4, 0.5) is 0 Å². The van der Waals surface area contributed by atoms with Gasteiger partial charge in [-0.3, -0.25) is 0 Å². The molecule has 0 saturated carbocycles. The minimum atomic E-state index is -0.811. The number of benzene rings is 2. The van der Waals surface area contributed by atoms with E-state index in [1.54, 1.807) is 18.2 Å². The quantitative estimate of drug-likeness (QED) is 0.785. The number of hydrogen-bond donors (Lipinski definition) is 2. The van der Waals surface area contributed by atoms with Crippen molar-refractivity contribution in [2.24, 2.45) is 0 Å². The van der Waals surface area contributed by atoms with Crippen molar-refractivity contribution >= 4 is 22.7 Å². The van der Waals surface area contributed by atoms with Crippen LogP contribution in [-0.2, 0) is 9.47 Å². The second-order valence-electron chi connectivity index (χ2n) is 5.60. The summed E-state index contributed by atoms with van der Waals surface area (Å²) in [6.07, 6.45) is -1.62. The van der Waals surface area contributed by atoms with Crippen LogP contribution in [-0.4, -0.2) is 47.6 Å². The van der Waals surface area contributed by atoms with Crippen LogP contribution in [0.15, 0.2) is 36.4 Å². The molecule has 128 valence electrons. The molecule has 0 spiro atoms. The summed E-state index contributed by atoms with van der Waals surface area (Å²) in [5, 5.41) is 19.9. The highest BCUT2D eigenvalue weighted by atomic mass is 16.5. The van der Waals surface area contributed by atoms with Crippen molar-refractivity contribution in [2.45, 2.75) is 26.1 Å². The van der Waals surface area contributed by atoms with Gasteiger partial charge in [0.05, 0.1) is 23.3 Å². The van der Waals surface area contributed by atoms with Gasteiger partial charge in [0.25, 0.3) is 0 Å². The van der Waals surface area contributed by atoms with Gasteiger partial charge < -0.3 is 19.7 Å². The Morgan fingerprint density at radius 2 is 1.50 bits per heavy atom. The van der Waals surface area contributed by atoms with E-state index < -0.39 is 24.1 Å². The highest BCUT2D eigenvalue weighted by molar-refractivity contribution is 6.12. The van der Waals surface area contributed by atoms with Crippen LogP contribution < -0.4 is 0 Å². The minimum absolute atomic E-state index is 0.0601. The Balaban J connectivity index is 2.44. The Labute approximate surface area is 139 Å². The van der Waals surface area contributed by atoms with E-state index in [-0.39, 0.29) is 24.3 Å². The molecular weight excluding hydrogens is 312 g/mol. The van der Waals surface area contributed by atoms with E-state index in [9.17, 15) is 19.8 Å². The first-order valence-corrected chi connectivity index (χ1v) is 7.62. The van der Waals surface area contributed by atoms with Crippen LogP contribution in [0.2, 0.25) is 0 Å². The van der Waals surface area contributed by atoms with E-state index in [1.165, 1.54) is 19.9 Å². The average Bonchev–Trinajstić information content (AvgIpc) is 2.56. The molecule has 0 aliphatic rings. The summed E-state index contributed by atoms with van der Waals surface area (Å²) in [7, 11) is 0. The predicted octanol–water partition coefficient (Wildman–Crippen LogP) is 1.92. The van der Waals surface area contributed by atoms with Crippen LogP contribution in [0.25, 0.3) is 10.8 Å². The summed E-state index contributed by atoms with van der Waals surface area (Å²) in [5.74, 6) is -1.43. The third-order valence-electron chi connectivity index (χ3n) is 3.26. The largest absolute Gasteiger partial charge is 0.459 e. The number of carbonyl (C=O) groups is 2. The molecule has 2 N–H and O–H groups in total. The number of aliphatic hydroxyl groups is 2. The van der Waals surface area contributed by atoms with Gasteiger partial charge >= 0.3 is 11.9 Å². The fourth-order valence-corrected chi connectivity index (χ4v) is 2.20. The number of fused-ring (bicyclic) bond motifs is 1. The Morgan fingerprint density at radius 1 is 0.917 bits per heavy atom. The van der Waals surface area contributed by atoms with Crippen molar-refractivity contribution in [2.75, 3.05) is 13.2 Å². The fourth-order valence-electron chi connectivity index (χ4n) is 2.20. The van der Waals surface area contributed by atoms with Crippen LogP contribution in [0, 0.1) is 0 Å². The van der Waals surface area contributed by atoms with Crippen LogP contribution in [0.3, 0.4) is 0 Å². The fraction of sp³-hybridized carbons (Fsp3) is 0.333. The van der Waals surface area contributed by atoms with Crippen LogP contribution >= 0.6 is 0 Å². The number of ether oxygens (including phenoxy) is 2. The Morgan fingerprint density at radius 3 is 2.12 bits per heavy atom. The van der Waals surface area contributed by atoms with Crippen LogP contribution in [0.1, 0.15) is 34.6 Å². The molecule has 0 aliphatic carbocycles. The van der Waals surface area contributed by atoms with E-state index in [0.29, 0.717) is 5.39 Å². The molecule has 2 aromatic carbocycles. The average molecular weight is 332 g/mol. The number of aliphatic hydroxyl groups excluding tert-OH is 2. The predicted molar refractivity (Wildman–Crippen MR) is 87.9 cm³/mol. The van der Waals surface area contributed by atoms with Gasteiger partial charge in [-0.05, 0) is 30.7 Å². The summed E-state index contributed by atoms with van der Waals surface area (Å²) >= 11 is 0. The molecule has 24 heavy (non-hydrogen) atoms. The van der Waals surface area contributed by atoms with E-state index >= 15 is 0 Å². The molecular formula is C18H20O6. The van der Waals surface area contributed by atoms with E-state index in [2.05, 4.69) is 0 Å². The Bertz CT molecular complexity index is 735. The van der Waals surface area contributed by atoms with Crippen molar-refractivity contribution in [1.82, 2.24) is 0 Å². The minimum Gasteiger partial charge on any atom is -0.459 e. The monoisotopic (exact) mass is 332 g/mol. The van der Waals surface area contributed by atoms with Gasteiger partial charge in [0.1, 0.15) is 13.2 Å². The molecule has 0 amide bonds. The van der Waals surface area contributed by atoms with Gasteiger partial charge in [-0.25, -0.2) is 9.59 Å². The molecule has 0 aromatic heterocycles. The Kier molecular flexibility index (Phi) is 5.89. The molecule has 0 bridgehead atoms. The lowest BCUT2D eigenvalue weighted by atomic mass is 9.99. The highest BCUT2D eigenvalue weighted by Crippen LogP contribution is 2.24. The van der Waals surface area contributed by atoms with Crippen molar-refractivity contribution in [3.05, 3.63) is 47.5 Å². The zero-order valence-electron chi connectivity index (χ0n) is 13.6. The normalized spacial score (nSPS) is 13.3. The Hall–Kier alpha value is -2.44. The number of carbonyl (C=O) groups excluding carboxylic acids is 2. The molecule has 2 rings (SSSR count). The van der Waals surface area contributed by atoms with Crippen molar-refractivity contribution < 1.29 is 29.3 Å². The zero-order valence-corrected chi connectivity index (χ0v) is 13.6. The number of rotatable bonds is 6. The van der Waals surface area contributed by atoms with Crippen molar-refractivity contribution in [3.63, 3.8) is 0 Å². The van der Waals surface area contributed by atoms with E-state index in [0.717, 1.165) is 5.39 Å². The molecule has 0 heterocycles. The first-order valence-electron chi connectivity index (χ1n) is 7.62. The summed E-state index contributed by atoms with van der Waals surface area (Å²) in [6, 6.07) is 10.3. The number of esters is 2. The van der Waals surface area contributed by atoms with Gasteiger partial charge in [0.15, 0.2) is 0 Å². The third kappa shape index (κ3) is 4.31. The molecule has 0 radical (unpaired) electrons. The SMILES string of the molecule is CC(O)COC(=O)c1ccc2ccccc2c1C(=O)OCC(C)O. The van der Waals surface area contributed by atoms with Crippen molar-refractivity contribution in [1.29, 1.82) is 0 Å². The molecule has 6 heteroatoms. The smallest absolute Gasteiger partial charge is 0.339 e. The standard InChI is InChI=1S/C18H20O6/c1-11(19)9-23-17(21)15-8-7-13-5-3-4-6-14(13)16(15)18(22)24-10-12(2)20/h3-8,11-12,19-20H,9-10H2,1-2H3. The lowest BCUT2D eigenvalue weighted by Crippen LogP contribution is -2.20. The molecule has 0 fully saturated rings. The maximum atomic E-state index is 12.4. The first kappa shape index (κ1) is 17.9.